The SMILES string of the molecule is CN1CCN(C2CCN(c3ccc(Nc4ncc(C(F)(F)F)c(Nc5cccc6c5C(=O)NC6)n4)c(OC(F)F)c3)CC2)CC1. The molecule has 0 radical (unpaired) electrons. The molecule has 0 aliphatic carbocycles. The van der Waals surface area contributed by atoms with Crippen molar-refractivity contribution in [3.05, 3.63) is 59.3 Å². The van der Waals surface area contributed by atoms with Crippen LogP contribution in [0.15, 0.2) is 42.6 Å². The summed E-state index contributed by atoms with van der Waals surface area (Å²) < 4.78 is 73.4. The van der Waals surface area contributed by atoms with Crippen molar-refractivity contribution in [1.29, 1.82) is 0 Å². The average molecular weight is 633 g/mol. The molecule has 2 fully saturated rings. The van der Waals surface area contributed by atoms with Gasteiger partial charge < -0.3 is 30.5 Å². The molecule has 0 bridgehead atoms. The van der Waals surface area contributed by atoms with Crippen LogP contribution in [0.2, 0.25) is 0 Å². The Morgan fingerprint density at radius 2 is 1.76 bits per heavy atom. The third-order valence-electron chi connectivity index (χ3n) is 8.48. The number of hydrogen-bond acceptors (Lipinski definition) is 9. The number of hydrogen-bond donors (Lipinski definition) is 3. The van der Waals surface area contributed by atoms with Crippen molar-refractivity contribution in [3.63, 3.8) is 0 Å². The van der Waals surface area contributed by atoms with Crippen molar-refractivity contribution in [2.75, 3.05) is 61.8 Å². The molecule has 0 saturated carbocycles. The van der Waals surface area contributed by atoms with Gasteiger partial charge in [0, 0.05) is 69.8 Å². The van der Waals surface area contributed by atoms with Gasteiger partial charge in [-0.3, -0.25) is 9.69 Å². The van der Waals surface area contributed by atoms with Crippen molar-refractivity contribution in [2.24, 2.45) is 0 Å². The van der Waals surface area contributed by atoms with Gasteiger partial charge in [-0.15, -0.1) is 0 Å². The Labute approximate surface area is 256 Å². The van der Waals surface area contributed by atoms with E-state index in [0.29, 0.717) is 23.5 Å². The van der Waals surface area contributed by atoms with Crippen molar-refractivity contribution in [2.45, 2.75) is 38.2 Å². The second-order valence-electron chi connectivity index (χ2n) is 11.3. The summed E-state index contributed by atoms with van der Waals surface area (Å²) >= 11 is 0. The number of carbonyl (C=O) groups is 1. The van der Waals surface area contributed by atoms with Crippen LogP contribution in [0, 0.1) is 0 Å². The van der Waals surface area contributed by atoms with E-state index in [-0.39, 0.29) is 35.2 Å². The smallest absolute Gasteiger partial charge is 0.421 e. The molecule has 4 heterocycles. The summed E-state index contributed by atoms with van der Waals surface area (Å²) in [6.07, 6.45) is -2.34. The van der Waals surface area contributed by atoms with Gasteiger partial charge in [0.25, 0.3) is 5.91 Å². The summed E-state index contributed by atoms with van der Waals surface area (Å²) in [5.41, 5.74) is 0.568. The molecule has 3 aromatic rings. The lowest BCUT2D eigenvalue weighted by Gasteiger charge is -2.42. The van der Waals surface area contributed by atoms with Crippen molar-refractivity contribution in [3.8, 4) is 5.75 Å². The molecule has 6 rings (SSSR count). The first kappa shape index (κ1) is 30.8. The topological polar surface area (TPSA) is 97.9 Å². The Morgan fingerprint density at radius 3 is 2.47 bits per heavy atom. The van der Waals surface area contributed by atoms with E-state index >= 15 is 0 Å². The number of benzene rings is 2. The molecule has 0 unspecified atom stereocenters. The first-order valence-corrected chi connectivity index (χ1v) is 14.7. The number of anilines is 5. The van der Waals surface area contributed by atoms with E-state index < -0.39 is 30.1 Å². The molecule has 3 aliphatic rings. The molecule has 1 amide bonds. The summed E-state index contributed by atoms with van der Waals surface area (Å²) in [7, 11) is 2.12. The van der Waals surface area contributed by atoms with E-state index in [1.54, 1.807) is 18.2 Å². The van der Waals surface area contributed by atoms with Crippen LogP contribution in [0.25, 0.3) is 0 Å². The van der Waals surface area contributed by atoms with Gasteiger partial charge in [0.05, 0.1) is 16.9 Å². The summed E-state index contributed by atoms with van der Waals surface area (Å²) in [4.78, 5) is 27.1. The van der Waals surface area contributed by atoms with Crippen LogP contribution in [0.5, 0.6) is 5.75 Å². The lowest BCUT2D eigenvalue weighted by molar-refractivity contribution is -0.137. The summed E-state index contributed by atoms with van der Waals surface area (Å²) in [5, 5.41) is 8.00. The lowest BCUT2D eigenvalue weighted by Crippen LogP contribution is -2.52. The van der Waals surface area contributed by atoms with Gasteiger partial charge in [0.2, 0.25) is 5.95 Å². The van der Waals surface area contributed by atoms with Gasteiger partial charge in [-0.1, -0.05) is 12.1 Å². The molecule has 240 valence electrons. The molecule has 3 aliphatic heterocycles. The number of halogens is 5. The number of amides is 1. The van der Waals surface area contributed by atoms with Crippen LogP contribution in [-0.2, 0) is 12.7 Å². The zero-order chi connectivity index (χ0) is 31.7. The molecular formula is C30H33F5N8O2. The van der Waals surface area contributed by atoms with Gasteiger partial charge in [-0.05, 0) is 43.7 Å². The lowest BCUT2D eigenvalue weighted by atomic mass is 10.0. The predicted molar refractivity (Wildman–Crippen MR) is 159 cm³/mol. The number of nitrogens with zero attached hydrogens (tertiary/aromatic N) is 5. The van der Waals surface area contributed by atoms with E-state index in [1.807, 2.05) is 0 Å². The number of aromatic nitrogens is 2. The normalized spacial score (nSPS) is 18.2. The summed E-state index contributed by atoms with van der Waals surface area (Å²) in [5.74, 6) is -1.52. The van der Waals surface area contributed by atoms with Crippen molar-refractivity contribution < 1.29 is 31.5 Å². The molecule has 2 aromatic carbocycles. The number of piperidine rings is 1. The first-order chi connectivity index (χ1) is 21.5. The zero-order valence-electron chi connectivity index (χ0n) is 24.5. The molecule has 15 heteroatoms. The Bertz CT molecular complexity index is 1540. The molecular weight excluding hydrogens is 599 g/mol. The number of likely N-dealkylation sites (N-methyl/N-ethyl adjacent to an activating group) is 1. The van der Waals surface area contributed by atoms with E-state index in [1.165, 1.54) is 18.2 Å². The quantitative estimate of drug-likeness (QED) is 0.295. The number of fused-ring (bicyclic) bond motifs is 1. The van der Waals surface area contributed by atoms with E-state index in [4.69, 9.17) is 4.74 Å². The highest BCUT2D eigenvalue weighted by Crippen LogP contribution is 2.38. The van der Waals surface area contributed by atoms with Crippen LogP contribution in [0.4, 0.5) is 50.8 Å². The van der Waals surface area contributed by atoms with Gasteiger partial charge in [-0.2, -0.15) is 26.9 Å². The standard InChI is InChI=1S/C30H33F5N8O2/c1-41-11-13-43(14-12-41)19-7-9-42(10-8-19)20-5-6-22(24(15-20)45-28(31)32)39-29-37-17-21(30(33,34)35)26(40-29)38-23-4-2-3-18-16-36-27(44)25(18)23/h2-6,15,17,19,28H,7-14,16H2,1H3,(H,36,44)(H2,37,38,39,40). The van der Waals surface area contributed by atoms with Crippen LogP contribution >= 0.6 is 0 Å². The Hall–Kier alpha value is -4.24. The first-order valence-electron chi connectivity index (χ1n) is 14.7. The van der Waals surface area contributed by atoms with E-state index in [9.17, 15) is 26.7 Å². The summed E-state index contributed by atoms with van der Waals surface area (Å²) in [6, 6.07) is 9.99. The maximum absolute atomic E-state index is 13.9. The van der Waals surface area contributed by atoms with Crippen LogP contribution in [0.3, 0.4) is 0 Å². The van der Waals surface area contributed by atoms with E-state index in [2.05, 4.69) is 47.7 Å². The third kappa shape index (κ3) is 6.88. The minimum Gasteiger partial charge on any atom is -0.433 e. The fourth-order valence-corrected chi connectivity index (χ4v) is 6.06. The van der Waals surface area contributed by atoms with Gasteiger partial charge in [0.1, 0.15) is 11.4 Å². The minimum absolute atomic E-state index is 0.0528. The van der Waals surface area contributed by atoms with Crippen LogP contribution < -0.4 is 25.6 Å². The van der Waals surface area contributed by atoms with Crippen molar-refractivity contribution in [1.82, 2.24) is 25.1 Å². The minimum atomic E-state index is -4.82. The van der Waals surface area contributed by atoms with Gasteiger partial charge >= 0.3 is 12.8 Å². The fraction of sp³-hybridized carbons (Fsp3) is 0.433. The fourth-order valence-electron chi connectivity index (χ4n) is 6.06. The van der Waals surface area contributed by atoms with Crippen LogP contribution in [0.1, 0.15) is 34.3 Å². The molecule has 0 atom stereocenters. The predicted octanol–water partition coefficient (Wildman–Crippen LogP) is 5.04. The maximum Gasteiger partial charge on any atom is 0.421 e. The molecule has 1 aromatic heterocycles. The monoisotopic (exact) mass is 632 g/mol. The Kier molecular flexibility index (Phi) is 8.64. The highest BCUT2D eigenvalue weighted by atomic mass is 19.4. The summed E-state index contributed by atoms with van der Waals surface area (Å²) in [6.45, 7) is 2.74. The van der Waals surface area contributed by atoms with Gasteiger partial charge in [-0.25, -0.2) is 4.98 Å². The molecule has 2 saturated heterocycles. The van der Waals surface area contributed by atoms with Crippen LogP contribution in [-0.4, -0.2) is 84.6 Å². The average Bonchev–Trinajstić information content (AvgIpc) is 3.39. The Balaban J connectivity index is 1.22. The second kappa shape index (κ2) is 12.6. The maximum atomic E-state index is 13.9. The van der Waals surface area contributed by atoms with Gasteiger partial charge in [0.15, 0.2) is 5.75 Å². The highest BCUT2D eigenvalue weighted by molar-refractivity contribution is 6.04. The number of ether oxygens (including phenoxy) is 1. The molecule has 10 nitrogen and oxygen atoms in total. The number of piperazine rings is 1. The largest absolute Gasteiger partial charge is 0.433 e. The highest BCUT2D eigenvalue weighted by Gasteiger charge is 2.36. The molecule has 45 heavy (non-hydrogen) atoms. The third-order valence-corrected chi connectivity index (χ3v) is 8.48. The molecule has 0 spiro atoms. The second-order valence-corrected chi connectivity index (χ2v) is 11.3. The molecule has 3 N–H and O–H groups in total. The van der Waals surface area contributed by atoms with E-state index in [0.717, 1.165) is 52.1 Å². The number of carbonyl (C=O) groups excluding carboxylic acids is 1. The van der Waals surface area contributed by atoms with Crippen molar-refractivity contribution >= 4 is 34.7 Å². The number of nitrogens with one attached hydrogen (secondary N) is 3. The zero-order valence-corrected chi connectivity index (χ0v) is 24.5. The Morgan fingerprint density at radius 1 is 1.00 bits per heavy atom. The number of alkyl halides is 5. The number of rotatable bonds is 8.